The average Bonchev–Trinajstić information content (AvgIpc) is 2.48. The lowest BCUT2D eigenvalue weighted by Gasteiger charge is -2.33. The molecule has 16 heavy (non-hydrogen) atoms. The van der Waals surface area contributed by atoms with Crippen molar-refractivity contribution in [2.24, 2.45) is 5.41 Å². The van der Waals surface area contributed by atoms with Crippen LogP contribution in [-0.2, 0) is 6.54 Å². The van der Waals surface area contributed by atoms with Gasteiger partial charge in [-0.15, -0.1) is 0 Å². The van der Waals surface area contributed by atoms with Crippen molar-refractivity contribution in [3.8, 4) is 0 Å². The molecule has 0 radical (unpaired) electrons. The summed E-state index contributed by atoms with van der Waals surface area (Å²) in [5, 5.41) is 14.5. The van der Waals surface area contributed by atoms with Crippen LogP contribution >= 0.6 is 0 Å². The lowest BCUT2D eigenvalue weighted by molar-refractivity contribution is 0.0171. The highest BCUT2D eigenvalue weighted by Gasteiger charge is 2.28. The second-order valence-corrected chi connectivity index (χ2v) is 5.42. The maximum atomic E-state index is 10.2. The van der Waals surface area contributed by atoms with Crippen molar-refractivity contribution < 1.29 is 5.11 Å². The molecule has 1 aromatic heterocycles. The van der Waals surface area contributed by atoms with Crippen molar-refractivity contribution in [3.63, 3.8) is 0 Å². The van der Waals surface area contributed by atoms with E-state index in [-0.39, 0.29) is 5.41 Å². The standard InChI is InChI=1S/C12H23N3O/c1-10-6-7-15(13-10)8-11(16)12(2,3)9-14(4)5/h6-7,11,16H,8-9H2,1-5H3. The molecule has 4 heteroatoms. The van der Waals surface area contributed by atoms with Gasteiger partial charge in [0.1, 0.15) is 0 Å². The summed E-state index contributed by atoms with van der Waals surface area (Å²) in [5.74, 6) is 0. The Bertz CT molecular complexity index is 331. The van der Waals surface area contributed by atoms with Crippen LogP contribution in [0.4, 0.5) is 0 Å². The van der Waals surface area contributed by atoms with Gasteiger partial charge in [-0.1, -0.05) is 13.8 Å². The summed E-state index contributed by atoms with van der Waals surface area (Å²) in [6.45, 7) is 7.51. The first kappa shape index (κ1) is 13.2. The van der Waals surface area contributed by atoms with Gasteiger partial charge >= 0.3 is 0 Å². The zero-order valence-electron chi connectivity index (χ0n) is 10.9. The Morgan fingerprint density at radius 1 is 1.50 bits per heavy atom. The van der Waals surface area contributed by atoms with Crippen LogP contribution in [0.25, 0.3) is 0 Å². The minimum absolute atomic E-state index is 0.136. The molecule has 0 amide bonds. The van der Waals surface area contributed by atoms with Crippen LogP contribution in [0.2, 0.25) is 0 Å². The van der Waals surface area contributed by atoms with Crippen LogP contribution in [0.1, 0.15) is 19.5 Å². The molecule has 0 saturated heterocycles. The van der Waals surface area contributed by atoms with Crippen LogP contribution in [-0.4, -0.2) is 46.5 Å². The summed E-state index contributed by atoms with van der Waals surface area (Å²) in [5.41, 5.74) is 0.848. The number of nitrogens with zero attached hydrogens (tertiary/aromatic N) is 3. The molecule has 0 aliphatic heterocycles. The molecule has 1 N–H and O–H groups in total. The number of aryl methyl sites for hydroxylation is 1. The Balaban J connectivity index is 2.60. The lowest BCUT2D eigenvalue weighted by atomic mass is 9.86. The van der Waals surface area contributed by atoms with Crippen LogP contribution in [0.5, 0.6) is 0 Å². The molecule has 0 saturated carbocycles. The molecule has 0 aliphatic carbocycles. The van der Waals surface area contributed by atoms with Gasteiger partial charge in [0.15, 0.2) is 0 Å². The summed E-state index contributed by atoms with van der Waals surface area (Å²) in [6.07, 6.45) is 1.51. The van der Waals surface area contributed by atoms with Gasteiger partial charge in [0.25, 0.3) is 0 Å². The summed E-state index contributed by atoms with van der Waals surface area (Å²) in [7, 11) is 4.04. The summed E-state index contributed by atoms with van der Waals surface area (Å²) in [6, 6.07) is 1.95. The van der Waals surface area contributed by atoms with E-state index in [1.807, 2.05) is 33.3 Å². The van der Waals surface area contributed by atoms with Gasteiger partial charge in [-0.2, -0.15) is 5.10 Å². The monoisotopic (exact) mass is 225 g/mol. The predicted molar refractivity (Wildman–Crippen MR) is 65.3 cm³/mol. The Labute approximate surface area is 97.9 Å². The molecular weight excluding hydrogens is 202 g/mol. The van der Waals surface area contributed by atoms with Gasteiger partial charge in [0.2, 0.25) is 0 Å². The fourth-order valence-corrected chi connectivity index (χ4v) is 1.91. The molecule has 0 fully saturated rings. The van der Waals surface area contributed by atoms with E-state index in [0.717, 1.165) is 12.2 Å². The Morgan fingerprint density at radius 3 is 2.56 bits per heavy atom. The van der Waals surface area contributed by atoms with E-state index in [4.69, 9.17) is 0 Å². The number of hydrogen-bond donors (Lipinski definition) is 1. The van der Waals surface area contributed by atoms with Crippen molar-refractivity contribution in [2.45, 2.75) is 33.4 Å². The number of aliphatic hydroxyl groups is 1. The molecular formula is C12H23N3O. The van der Waals surface area contributed by atoms with E-state index in [2.05, 4.69) is 23.8 Å². The molecule has 1 heterocycles. The molecule has 1 aromatic rings. The summed E-state index contributed by atoms with van der Waals surface area (Å²) in [4.78, 5) is 2.09. The largest absolute Gasteiger partial charge is 0.391 e. The number of aromatic nitrogens is 2. The highest BCUT2D eigenvalue weighted by Crippen LogP contribution is 2.22. The van der Waals surface area contributed by atoms with Gasteiger partial charge < -0.3 is 10.0 Å². The topological polar surface area (TPSA) is 41.3 Å². The van der Waals surface area contributed by atoms with Crippen molar-refractivity contribution >= 4 is 0 Å². The quantitative estimate of drug-likeness (QED) is 0.817. The van der Waals surface area contributed by atoms with Gasteiger partial charge in [-0.25, -0.2) is 0 Å². The van der Waals surface area contributed by atoms with Crippen LogP contribution in [0.3, 0.4) is 0 Å². The third-order valence-electron chi connectivity index (χ3n) is 2.76. The molecule has 0 bridgehead atoms. The number of hydrogen-bond acceptors (Lipinski definition) is 3. The van der Waals surface area contributed by atoms with Crippen molar-refractivity contribution in [1.29, 1.82) is 0 Å². The Kier molecular flexibility index (Phi) is 4.10. The van der Waals surface area contributed by atoms with Crippen molar-refractivity contribution in [2.75, 3.05) is 20.6 Å². The Morgan fingerprint density at radius 2 is 2.12 bits per heavy atom. The van der Waals surface area contributed by atoms with E-state index < -0.39 is 6.10 Å². The number of rotatable bonds is 5. The first-order valence-corrected chi connectivity index (χ1v) is 5.64. The molecule has 4 nitrogen and oxygen atoms in total. The van der Waals surface area contributed by atoms with Crippen LogP contribution in [0.15, 0.2) is 12.3 Å². The molecule has 92 valence electrons. The lowest BCUT2D eigenvalue weighted by Crippen LogP contribution is -2.41. The average molecular weight is 225 g/mol. The van der Waals surface area contributed by atoms with Gasteiger partial charge in [0.05, 0.1) is 18.3 Å². The Hall–Kier alpha value is -0.870. The predicted octanol–water partition coefficient (Wildman–Crippen LogP) is 1.14. The number of aliphatic hydroxyl groups excluding tert-OH is 1. The fraction of sp³-hybridized carbons (Fsp3) is 0.750. The smallest absolute Gasteiger partial charge is 0.0799 e. The van der Waals surface area contributed by atoms with E-state index in [0.29, 0.717) is 6.54 Å². The van der Waals surface area contributed by atoms with Gasteiger partial charge in [0, 0.05) is 18.2 Å². The highest BCUT2D eigenvalue weighted by atomic mass is 16.3. The fourth-order valence-electron chi connectivity index (χ4n) is 1.91. The van der Waals surface area contributed by atoms with E-state index >= 15 is 0 Å². The zero-order valence-corrected chi connectivity index (χ0v) is 10.9. The minimum atomic E-state index is -0.394. The molecule has 1 atom stereocenters. The molecule has 0 spiro atoms. The van der Waals surface area contributed by atoms with Crippen molar-refractivity contribution in [3.05, 3.63) is 18.0 Å². The van der Waals surface area contributed by atoms with Gasteiger partial charge in [-0.05, 0) is 27.1 Å². The molecule has 0 aliphatic rings. The van der Waals surface area contributed by atoms with E-state index in [1.165, 1.54) is 0 Å². The van der Waals surface area contributed by atoms with E-state index in [1.54, 1.807) is 4.68 Å². The maximum Gasteiger partial charge on any atom is 0.0799 e. The molecule has 1 unspecified atom stereocenters. The van der Waals surface area contributed by atoms with Crippen molar-refractivity contribution in [1.82, 2.24) is 14.7 Å². The highest BCUT2D eigenvalue weighted by molar-refractivity contribution is 4.95. The maximum absolute atomic E-state index is 10.2. The first-order chi connectivity index (χ1) is 7.31. The summed E-state index contributed by atoms with van der Waals surface area (Å²) < 4.78 is 1.80. The molecule has 0 aromatic carbocycles. The molecule has 1 rings (SSSR count). The normalized spacial score (nSPS) is 14.4. The van der Waals surface area contributed by atoms with E-state index in [9.17, 15) is 5.11 Å². The van der Waals surface area contributed by atoms with Crippen LogP contribution in [0, 0.1) is 12.3 Å². The zero-order chi connectivity index (χ0) is 12.3. The van der Waals surface area contributed by atoms with Crippen LogP contribution < -0.4 is 0 Å². The summed E-state index contributed by atoms with van der Waals surface area (Å²) >= 11 is 0. The minimum Gasteiger partial charge on any atom is -0.391 e. The first-order valence-electron chi connectivity index (χ1n) is 5.64. The third kappa shape index (κ3) is 3.61. The second-order valence-electron chi connectivity index (χ2n) is 5.42. The SMILES string of the molecule is Cc1ccn(CC(O)C(C)(C)CN(C)C)n1. The second kappa shape index (κ2) is 4.97. The van der Waals surface area contributed by atoms with Gasteiger partial charge in [-0.3, -0.25) is 4.68 Å². The third-order valence-corrected chi connectivity index (χ3v) is 2.76.